The second-order valence-corrected chi connectivity index (χ2v) is 15.9. The molecule has 0 aromatic heterocycles. The number of carbonyl (C=O) groups excluding carboxylic acids is 6. The van der Waals surface area contributed by atoms with Gasteiger partial charge in [-0.25, -0.2) is 9.59 Å². The largest absolute Gasteiger partial charge is 0.453 e. The number of alkyl carbamates (subject to hydrolysis) is 2. The molecular formula is C46H61N7O8. The molecule has 3 aromatic rings. The number of anilines is 3. The fraction of sp³-hybridized carbons (Fsp3) is 0.478. The van der Waals surface area contributed by atoms with Gasteiger partial charge in [0.1, 0.15) is 24.2 Å². The smallest absolute Gasteiger partial charge is 0.407 e. The van der Waals surface area contributed by atoms with Crippen LogP contribution in [0.2, 0.25) is 0 Å². The molecule has 61 heavy (non-hydrogen) atoms. The van der Waals surface area contributed by atoms with E-state index in [1.165, 1.54) is 14.2 Å². The molecule has 4 N–H and O–H groups in total. The summed E-state index contributed by atoms with van der Waals surface area (Å²) in [5.74, 6) is -1.43. The number of carbonyl (C=O) groups is 6. The van der Waals surface area contributed by atoms with Gasteiger partial charge in [0, 0.05) is 43.2 Å². The molecule has 2 fully saturated rings. The van der Waals surface area contributed by atoms with E-state index in [0.717, 1.165) is 16.8 Å². The summed E-state index contributed by atoms with van der Waals surface area (Å²) in [5.41, 5.74) is 4.27. The highest BCUT2D eigenvalue weighted by Gasteiger charge is 2.41. The minimum absolute atomic E-state index is 0.146. The van der Waals surface area contributed by atoms with Crippen molar-refractivity contribution in [1.82, 2.24) is 20.4 Å². The van der Waals surface area contributed by atoms with E-state index in [1.807, 2.05) is 107 Å². The van der Waals surface area contributed by atoms with Gasteiger partial charge in [0.25, 0.3) is 0 Å². The van der Waals surface area contributed by atoms with Crippen LogP contribution in [0, 0.1) is 11.8 Å². The quantitative estimate of drug-likeness (QED) is 0.122. The number of nitrogens with one attached hydrogen (secondary N) is 4. The maximum atomic E-state index is 13.6. The minimum Gasteiger partial charge on any atom is -0.453 e. The maximum absolute atomic E-state index is 13.6. The predicted molar refractivity (Wildman–Crippen MR) is 234 cm³/mol. The summed E-state index contributed by atoms with van der Waals surface area (Å²) in [5, 5.41) is 11.3. The van der Waals surface area contributed by atoms with Gasteiger partial charge in [-0.15, -0.1) is 0 Å². The normalized spacial score (nSPS) is 17.9. The van der Waals surface area contributed by atoms with E-state index < -0.39 is 36.4 Å². The van der Waals surface area contributed by atoms with E-state index in [2.05, 4.69) is 26.2 Å². The molecule has 0 unspecified atom stereocenters. The van der Waals surface area contributed by atoms with Crippen molar-refractivity contribution in [2.45, 2.75) is 103 Å². The zero-order valence-electron chi connectivity index (χ0n) is 36.1. The third-order valence-electron chi connectivity index (χ3n) is 11.9. The van der Waals surface area contributed by atoms with Crippen molar-refractivity contribution < 1.29 is 38.2 Å². The van der Waals surface area contributed by atoms with Crippen molar-refractivity contribution >= 4 is 52.9 Å². The molecule has 0 aliphatic carbocycles. The van der Waals surface area contributed by atoms with E-state index >= 15 is 0 Å². The molecule has 2 heterocycles. The maximum Gasteiger partial charge on any atom is 0.407 e. The minimum atomic E-state index is -0.796. The molecule has 6 amide bonds. The molecular weight excluding hydrogens is 779 g/mol. The van der Waals surface area contributed by atoms with Crippen LogP contribution in [0.4, 0.5) is 26.7 Å². The van der Waals surface area contributed by atoms with Crippen molar-refractivity contribution in [3.8, 4) is 0 Å². The summed E-state index contributed by atoms with van der Waals surface area (Å²) in [4.78, 5) is 83.7. The second kappa shape index (κ2) is 21.9. The van der Waals surface area contributed by atoms with Crippen LogP contribution in [-0.2, 0) is 41.7 Å². The first-order valence-corrected chi connectivity index (χ1v) is 21.3. The fourth-order valence-corrected chi connectivity index (χ4v) is 7.86. The average Bonchev–Trinajstić information content (AvgIpc) is 3.99. The standard InChI is InChI=1S/C46H61N7O8/c1-7-30(3)39(49-45(58)60-5)43(56)52-26-12-16-37(52)41(54)47-34-22-18-32(19-23-34)28-51(36-14-10-9-11-15-36)29-33-20-24-35(25-21-33)48-42(55)38-17-13-27-53(38)44(57)40(31(4)8-2)50-46(59)61-6/h9-11,14-15,18-25,30-31,37-40H,7-8,12-13,16-17,26-29H2,1-6H3,(H,47,54)(H,48,55)(H,49,58)(H,50,59)/t30-,31-,37-,38-,39-,40-/m0/s1. The molecule has 0 bridgehead atoms. The number of hydrogen-bond donors (Lipinski definition) is 4. The van der Waals surface area contributed by atoms with Crippen LogP contribution in [-0.4, -0.2) is 97.1 Å². The fourth-order valence-electron chi connectivity index (χ4n) is 7.86. The lowest BCUT2D eigenvalue weighted by molar-refractivity contribution is -0.139. The number of para-hydroxylation sites is 1. The van der Waals surface area contributed by atoms with Gasteiger partial charge in [0.05, 0.1) is 14.2 Å². The summed E-state index contributed by atoms with van der Waals surface area (Å²) in [6, 6.07) is 22.4. The Balaban J connectivity index is 1.21. The topological polar surface area (TPSA) is 179 Å². The lowest BCUT2D eigenvalue weighted by Gasteiger charge is -2.31. The molecule has 2 saturated heterocycles. The molecule has 15 heteroatoms. The number of nitrogens with zero attached hydrogens (tertiary/aromatic N) is 3. The molecule has 6 atom stereocenters. The van der Waals surface area contributed by atoms with Gasteiger partial charge in [-0.1, -0.05) is 83.0 Å². The third kappa shape index (κ3) is 12.0. The molecule has 0 saturated carbocycles. The summed E-state index contributed by atoms with van der Waals surface area (Å²) >= 11 is 0. The van der Waals surface area contributed by atoms with Crippen molar-refractivity contribution in [2.24, 2.45) is 11.8 Å². The Kier molecular flexibility index (Phi) is 16.5. The lowest BCUT2D eigenvalue weighted by atomic mass is 9.97. The van der Waals surface area contributed by atoms with Crippen LogP contribution >= 0.6 is 0 Å². The second-order valence-electron chi connectivity index (χ2n) is 15.9. The highest BCUT2D eigenvalue weighted by atomic mass is 16.5. The molecule has 15 nitrogen and oxygen atoms in total. The number of amides is 6. The molecule has 328 valence electrons. The van der Waals surface area contributed by atoms with E-state index in [1.54, 1.807) is 9.80 Å². The SMILES string of the molecule is CC[C@H](C)[C@H](NC(=O)OC)C(=O)N1CCC[C@H]1C(=O)Nc1ccc(CN(Cc2ccc(NC(=O)[C@@H]3CCCN3C(=O)[C@@H](NC(=O)OC)[C@@H](C)CC)cc2)c2ccccc2)cc1. The first-order chi connectivity index (χ1) is 29.4. The average molecular weight is 840 g/mol. The first-order valence-electron chi connectivity index (χ1n) is 21.3. The highest BCUT2D eigenvalue weighted by Crippen LogP contribution is 2.26. The van der Waals surface area contributed by atoms with E-state index in [-0.39, 0.29) is 35.5 Å². The Morgan fingerprint density at radius 1 is 0.623 bits per heavy atom. The van der Waals surface area contributed by atoms with Crippen molar-refractivity contribution in [3.05, 3.63) is 90.0 Å². The Hall–Kier alpha value is -6.12. The first kappa shape index (κ1) is 46.0. The molecule has 0 radical (unpaired) electrons. The Morgan fingerprint density at radius 2 is 1.02 bits per heavy atom. The van der Waals surface area contributed by atoms with Crippen molar-refractivity contribution in [3.63, 3.8) is 0 Å². The van der Waals surface area contributed by atoms with Crippen LogP contribution in [0.25, 0.3) is 0 Å². The molecule has 5 rings (SSSR count). The molecule has 0 spiro atoms. The lowest BCUT2D eigenvalue weighted by Crippen LogP contribution is -2.54. The van der Waals surface area contributed by atoms with Gasteiger partial charge in [-0.3, -0.25) is 19.2 Å². The number of ether oxygens (including phenoxy) is 2. The monoisotopic (exact) mass is 839 g/mol. The van der Waals surface area contributed by atoms with Crippen LogP contribution < -0.4 is 26.2 Å². The van der Waals surface area contributed by atoms with Crippen molar-refractivity contribution in [1.29, 1.82) is 0 Å². The van der Waals surface area contributed by atoms with Crippen LogP contribution in [0.15, 0.2) is 78.9 Å². The molecule has 2 aliphatic heterocycles. The van der Waals surface area contributed by atoms with Gasteiger partial charge in [-0.2, -0.15) is 0 Å². The van der Waals surface area contributed by atoms with Crippen LogP contribution in [0.5, 0.6) is 0 Å². The van der Waals surface area contributed by atoms with E-state index in [4.69, 9.17) is 9.47 Å². The van der Waals surface area contributed by atoms with Gasteiger partial charge in [0.2, 0.25) is 23.6 Å². The van der Waals surface area contributed by atoms with Gasteiger partial charge < -0.3 is 45.4 Å². The highest BCUT2D eigenvalue weighted by molar-refractivity contribution is 5.99. The zero-order valence-corrected chi connectivity index (χ0v) is 36.1. The number of hydrogen-bond acceptors (Lipinski definition) is 9. The van der Waals surface area contributed by atoms with Crippen LogP contribution in [0.3, 0.4) is 0 Å². The number of rotatable bonds is 17. The zero-order chi connectivity index (χ0) is 44.1. The van der Waals surface area contributed by atoms with Gasteiger partial charge >= 0.3 is 12.2 Å². The number of benzene rings is 3. The third-order valence-corrected chi connectivity index (χ3v) is 11.9. The molecule has 2 aliphatic rings. The Labute approximate surface area is 358 Å². The number of methoxy groups -OCH3 is 2. The Morgan fingerprint density at radius 3 is 1.38 bits per heavy atom. The summed E-state index contributed by atoms with van der Waals surface area (Å²) in [6.07, 6.45) is 2.37. The van der Waals surface area contributed by atoms with Crippen molar-refractivity contribution in [2.75, 3.05) is 42.8 Å². The predicted octanol–water partition coefficient (Wildman–Crippen LogP) is 6.29. The van der Waals surface area contributed by atoms with E-state index in [9.17, 15) is 28.8 Å². The van der Waals surface area contributed by atoms with Gasteiger partial charge in [0.15, 0.2) is 0 Å². The van der Waals surface area contributed by atoms with Crippen LogP contribution in [0.1, 0.15) is 77.3 Å². The number of likely N-dealkylation sites (tertiary alicyclic amines) is 2. The summed E-state index contributed by atoms with van der Waals surface area (Å²) in [7, 11) is 2.51. The summed E-state index contributed by atoms with van der Waals surface area (Å²) in [6.45, 7) is 9.66. The van der Waals surface area contributed by atoms with E-state index in [0.29, 0.717) is 76.1 Å². The molecule has 3 aromatic carbocycles. The Bertz CT molecular complexity index is 1840. The van der Waals surface area contributed by atoms with Gasteiger partial charge in [-0.05, 0) is 85.0 Å². The summed E-state index contributed by atoms with van der Waals surface area (Å²) < 4.78 is 9.51.